The maximum atomic E-state index is 6.02. The minimum Gasteiger partial charge on any atom is -0.398 e. The second kappa shape index (κ2) is 4.26. The van der Waals surface area contributed by atoms with E-state index in [-0.39, 0.29) is 12.1 Å². The summed E-state index contributed by atoms with van der Waals surface area (Å²) < 4.78 is 7.61. The predicted octanol–water partition coefficient (Wildman–Crippen LogP) is 1.16. The topological polar surface area (TPSA) is 79.1 Å². The third-order valence-electron chi connectivity index (χ3n) is 3.68. The van der Waals surface area contributed by atoms with Gasteiger partial charge in [0.1, 0.15) is 0 Å². The summed E-state index contributed by atoms with van der Waals surface area (Å²) in [5.41, 5.74) is 14.7. The Morgan fingerprint density at radius 1 is 1.44 bits per heavy atom. The summed E-state index contributed by atoms with van der Waals surface area (Å²) in [6.45, 7) is 0.559. The highest BCUT2D eigenvalue weighted by Crippen LogP contribution is 2.25. The van der Waals surface area contributed by atoms with Crippen LogP contribution in [0, 0.1) is 0 Å². The third kappa shape index (κ3) is 1.85. The van der Waals surface area contributed by atoms with Crippen LogP contribution in [-0.2, 0) is 18.4 Å². The summed E-state index contributed by atoms with van der Waals surface area (Å²) in [7, 11) is 1.91. The number of fused-ring (bicyclic) bond motifs is 1. The molecule has 0 bridgehead atoms. The average Bonchev–Trinajstić information content (AvgIpc) is 2.70. The molecular weight excluding hydrogens is 228 g/mol. The van der Waals surface area contributed by atoms with E-state index in [4.69, 9.17) is 16.2 Å². The molecule has 1 heterocycles. The van der Waals surface area contributed by atoms with E-state index in [9.17, 15) is 0 Å². The lowest BCUT2D eigenvalue weighted by molar-refractivity contribution is -0.0245. The van der Waals surface area contributed by atoms with Crippen molar-refractivity contribution in [3.63, 3.8) is 0 Å². The van der Waals surface area contributed by atoms with Crippen LogP contribution in [0.25, 0.3) is 10.9 Å². The Bertz CT molecular complexity index is 578. The number of rotatable bonds is 3. The van der Waals surface area contributed by atoms with Crippen molar-refractivity contribution >= 4 is 16.6 Å². The van der Waals surface area contributed by atoms with Crippen LogP contribution in [0.5, 0.6) is 0 Å². The SMILES string of the molecule is Cn1ncc2c(N)cc(CO[C@@H]3CC[C@H]3N)cc21. The molecule has 0 aliphatic heterocycles. The Morgan fingerprint density at radius 2 is 2.28 bits per heavy atom. The largest absolute Gasteiger partial charge is 0.398 e. The number of ether oxygens (including phenoxy) is 1. The molecule has 2 aromatic rings. The van der Waals surface area contributed by atoms with Crippen molar-refractivity contribution in [3.8, 4) is 0 Å². The molecule has 2 atom stereocenters. The quantitative estimate of drug-likeness (QED) is 0.797. The molecular formula is C13H18N4O. The smallest absolute Gasteiger partial charge is 0.0731 e. The van der Waals surface area contributed by atoms with Gasteiger partial charge in [-0.1, -0.05) is 0 Å². The lowest BCUT2D eigenvalue weighted by Gasteiger charge is -2.33. The molecule has 0 radical (unpaired) electrons. The first kappa shape index (κ1) is 11.5. The molecule has 4 N–H and O–H groups in total. The van der Waals surface area contributed by atoms with E-state index in [1.807, 2.05) is 17.8 Å². The zero-order valence-corrected chi connectivity index (χ0v) is 10.5. The summed E-state index contributed by atoms with van der Waals surface area (Å²) in [5, 5.41) is 5.20. The maximum Gasteiger partial charge on any atom is 0.0731 e. The Hall–Kier alpha value is -1.59. The third-order valence-corrected chi connectivity index (χ3v) is 3.68. The molecule has 0 spiro atoms. The molecule has 3 rings (SSSR count). The molecule has 1 aromatic carbocycles. The Kier molecular flexibility index (Phi) is 2.72. The van der Waals surface area contributed by atoms with Gasteiger partial charge in [-0.25, -0.2) is 0 Å². The molecule has 0 saturated heterocycles. The van der Waals surface area contributed by atoms with Crippen LogP contribution in [-0.4, -0.2) is 21.9 Å². The molecule has 1 aliphatic carbocycles. The van der Waals surface area contributed by atoms with Crippen molar-refractivity contribution in [1.29, 1.82) is 0 Å². The Morgan fingerprint density at radius 3 is 2.94 bits per heavy atom. The van der Waals surface area contributed by atoms with Crippen molar-refractivity contribution in [3.05, 3.63) is 23.9 Å². The van der Waals surface area contributed by atoms with Gasteiger partial charge in [0.05, 0.1) is 24.4 Å². The number of aromatic nitrogens is 2. The molecule has 1 saturated carbocycles. The monoisotopic (exact) mass is 246 g/mol. The van der Waals surface area contributed by atoms with E-state index in [2.05, 4.69) is 11.2 Å². The van der Waals surface area contributed by atoms with Gasteiger partial charge >= 0.3 is 0 Å². The zero-order valence-electron chi connectivity index (χ0n) is 10.5. The minimum absolute atomic E-state index is 0.197. The second-order valence-corrected chi connectivity index (χ2v) is 4.98. The summed E-state index contributed by atoms with van der Waals surface area (Å²) in [5.74, 6) is 0. The molecule has 1 aliphatic rings. The van der Waals surface area contributed by atoms with Crippen molar-refractivity contribution in [1.82, 2.24) is 9.78 Å². The van der Waals surface area contributed by atoms with Gasteiger partial charge in [0.2, 0.25) is 0 Å². The van der Waals surface area contributed by atoms with Crippen molar-refractivity contribution in [2.45, 2.75) is 31.6 Å². The lowest BCUT2D eigenvalue weighted by atomic mass is 9.90. The van der Waals surface area contributed by atoms with Crippen molar-refractivity contribution < 1.29 is 4.74 Å². The molecule has 96 valence electrons. The molecule has 5 heteroatoms. The first-order valence-corrected chi connectivity index (χ1v) is 6.22. The zero-order chi connectivity index (χ0) is 12.7. The highest BCUT2D eigenvalue weighted by atomic mass is 16.5. The first-order chi connectivity index (χ1) is 8.65. The van der Waals surface area contributed by atoms with Crippen LogP contribution >= 0.6 is 0 Å². The molecule has 0 unspecified atom stereocenters. The van der Waals surface area contributed by atoms with Gasteiger partial charge in [-0.15, -0.1) is 0 Å². The summed E-state index contributed by atoms with van der Waals surface area (Å²) in [4.78, 5) is 0. The fourth-order valence-electron chi connectivity index (χ4n) is 2.32. The number of hydrogen-bond donors (Lipinski definition) is 2. The number of benzene rings is 1. The number of anilines is 1. The fraction of sp³-hybridized carbons (Fsp3) is 0.462. The summed E-state index contributed by atoms with van der Waals surface area (Å²) in [6.07, 6.45) is 4.11. The van der Waals surface area contributed by atoms with Gasteiger partial charge in [-0.3, -0.25) is 4.68 Å². The molecule has 18 heavy (non-hydrogen) atoms. The van der Waals surface area contributed by atoms with E-state index in [1.54, 1.807) is 6.20 Å². The number of nitrogens with zero attached hydrogens (tertiary/aromatic N) is 2. The standard InChI is InChI=1S/C13H18N4O/c1-17-12-5-8(4-11(15)9(12)6-16-17)7-18-13-3-2-10(13)14/h4-6,10,13H,2-3,7,14-15H2,1H3/t10-,13-/m1/s1. The van der Waals surface area contributed by atoms with Gasteiger partial charge in [0.25, 0.3) is 0 Å². The molecule has 5 nitrogen and oxygen atoms in total. The molecule has 1 aromatic heterocycles. The van der Waals surface area contributed by atoms with Gasteiger partial charge in [-0.2, -0.15) is 5.10 Å². The second-order valence-electron chi connectivity index (χ2n) is 4.98. The van der Waals surface area contributed by atoms with E-state index in [0.29, 0.717) is 6.61 Å². The lowest BCUT2D eigenvalue weighted by Crippen LogP contribution is -2.45. The summed E-state index contributed by atoms with van der Waals surface area (Å²) >= 11 is 0. The molecule has 1 fully saturated rings. The number of nitrogens with two attached hydrogens (primary N) is 2. The van der Waals surface area contributed by atoms with E-state index < -0.39 is 0 Å². The highest BCUT2D eigenvalue weighted by molar-refractivity contribution is 5.90. The van der Waals surface area contributed by atoms with Crippen LogP contribution in [0.15, 0.2) is 18.3 Å². The Labute approximate surface area is 106 Å². The van der Waals surface area contributed by atoms with E-state index in [0.717, 1.165) is 35.0 Å². The maximum absolute atomic E-state index is 6.02. The van der Waals surface area contributed by atoms with E-state index in [1.165, 1.54) is 0 Å². The number of hydrogen-bond acceptors (Lipinski definition) is 4. The van der Waals surface area contributed by atoms with Crippen LogP contribution in [0.2, 0.25) is 0 Å². The van der Waals surface area contributed by atoms with Gasteiger partial charge in [0, 0.05) is 24.2 Å². The first-order valence-electron chi connectivity index (χ1n) is 6.22. The number of aryl methyl sites for hydroxylation is 1. The molecule has 0 amide bonds. The van der Waals surface area contributed by atoms with Crippen LogP contribution in [0.1, 0.15) is 18.4 Å². The van der Waals surface area contributed by atoms with E-state index >= 15 is 0 Å². The van der Waals surface area contributed by atoms with Crippen LogP contribution in [0.4, 0.5) is 5.69 Å². The summed E-state index contributed by atoms with van der Waals surface area (Å²) in [6, 6.07) is 4.22. The number of nitrogen functional groups attached to an aromatic ring is 1. The normalized spacial score (nSPS) is 23.2. The van der Waals surface area contributed by atoms with Crippen molar-refractivity contribution in [2.75, 3.05) is 5.73 Å². The van der Waals surface area contributed by atoms with Gasteiger partial charge in [0.15, 0.2) is 0 Å². The average molecular weight is 246 g/mol. The van der Waals surface area contributed by atoms with Crippen LogP contribution < -0.4 is 11.5 Å². The highest BCUT2D eigenvalue weighted by Gasteiger charge is 2.27. The Balaban J connectivity index is 1.81. The van der Waals surface area contributed by atoms with Gasteiger partial charge in [-0.05, 0) is 30.5 Å². The van der Waals surface area contributed by atoms with Gasteiger partial charge < -0.3 is 16.2 Å². The minimum atomic E-state index is 0.197. The van der Waals surface area contributed by atoms with Crippen LogP contribution in [0.3, 0.4) is 0 Å². The van der Waals surface area contributed by atoms with Crippen molar-refractivity contribution in [2.24, 2.45) is 12.8 Å². The predicted molar refractivity (Wildman–Crippen MR) is 70.9 cm³/mol. The fourth-order valence-corrected chi connectivity index (χ4v) is 2.32.